The molecule has 138 valence electrons. The fourth-order valence-corrected chi connectivity index (χ4v) is 2.51. The predicted octanol–water partition coefficient (Wildman–Crippen LogP) is 4.40. The number of carbonyl (C=O) groups excluding carboxylic acids is 1. The van der Waals surface area contributed by atoms with Crippen molar-refractivity contribution < 1.29 is 14.5 Å². The number of nitro benzene ring substituents is 1. The summed E-state index contributed by atoms with van der Waals surface area (Å²) in [7, 11) is 0. The van der Waals surface area contributed by atoms with Gasteiger partial charge in [-0.25, -0.2) is 0 Å². The highest BCUT2D eigenvalue weighted by molar-refractivity contribution is 6.33. The lowest BCUT2D eigenvalue weighted by Crippen LogP contribution is -2.26. The average molecular weight is 377 g/mol. The van der Waals surface area contributed by atoms with Crippen LogP contribution in [0, 0.1) is 10.1 Å². The van der Waals surface area contributed by atoms with Gasteiger partial charge in [-0.1, -0.05) is 37.1 Å². The largest absolute Gasteiger partial charge is 0.494 e. The van der Waals surface area contributed by atoms with Gasteiger partial charge in [-0.15, -0.1) is 0 Å². The number of nitrogens with zero attached hydrogens (tertiary/aromatic N) is 1. The summed E-state index contributed by atoms with van der Waals surface area (Å²) in [6.07, 6.45) is 2.74. The van der Waals surface area contributed by atoms with Gasteiger partial charge in [0.15, 0.2) is 0 Å². The molecule has 0 unspecified atom stereocenters. The minimum absolute atomic E-state index is 0.0977. The Morgan fingerprint density at radius 2 is 1.96 bits per heavy atom. The number of amides is 1. The Morgan fingerprint density at radius 3 is 2.62 bits per heavy atom. The molecule has 0 spiro atoms. The van der Waals surface area contributed by atoms with Crippen molar-refractivity contribution >= 4 is 23.2 Å². The molecule has 2 aromatic rings. The zero-order valence-corrected chi connectivity index (χ0v) is 15.3. The van der Waals surface area contributed by atoms with E-state index in [0.29, 0.717) is 19.6 Å². The molecule has 6 nitrogen and oxygen atoms in total. The van der Waals surface area contributed by atoms with E-state index < -0.39 is 10.8 Å². The number of nitrogens with one attached hydrogen (secondary N) is 1. The Morgan fingerprint density at radius 1 is 1.23 bits per heavy atom. The lowest BCUT2D eigenvalue weighted by atomic mass is 10.1. The molecule has 0 aromatic heterocycles. The summed E-state index contributed by atoms with van der Waals surface area (Å²) in [6.45, 7) is 3.21. The van der Waals surface area contributed by atoms with Crippen LogP contribution < -0.4 is 10.1 Å². The smallest absolute Gasteiger partial charge is 0.270 e. The topological polar surface area (TPSA) is 81.5 Å². The van der Waals surface area contributed by atoms with Crippen molar-refractivity contribution in [3.63, 3.8) is 0 Å². The quantitative estimate of drug-likeness (QED) is 0.399. The molecule has 0 saturated carbocycles. The van der Waals surface area contributed by atoms with E-state index in [-0.39, 0.29) is 16.3 Å². The number of nitro groups is 1. The molecular formula is C19H21ClN2O4. The number of rotatable bonds is 9. The third-order valence-corrected chi connectivity index (χ3v) is 4.12. The fourth-order valence-electron chi connectivity index (χ4n) is 2.30. The molecule has 0 aliphatic carbocycles. The molecular weight excluding hydrogens is 356 g/mol. The monoisotopic (exact) mass is 376 g/mol. The van der Waals surface area contributed by atoms with Gasteiger partial charge in [0.2, 0.25) is 0 Å². The molecule has 0 atom stereocenters. The summed E-state index contributed by atoms with van der Waals surface area (Å²) in [5, 5.41) is 13.7. The van der Waals surface area contributed by atoms with Crippen LogP contribution in [0.5, 0.6) is 5.75 Å². The number of non-ortho nitro benzene ring substituents is 1. The van der Waals surface area contributed by atoms with Gasteiger partial charge in [0.1, 0.15) is 5.75 Å². The van der Waals surface area contributed by atoms with Crippen molar-refractivity contribution in [1.29, 1.82) is 0 Å². The summed E-state index contributed by atoms with van der Waals surface area (Å²) in [6, 6.07) is 11.5. The molecule has 0 bridgehead atoms. The summed E-state index contributed by atoms with van der Waals surface area (Å²) in [4.78, 5) is 22.5. The molecule has 0 radical (unpaired) electrons. The normalized spacial score (nSPS) is 10.4. The van der Waals surface area contributed by atoms with Crippen molar-refractivity contribution in [3.8, 4) is 5.75 Å². The second kappa shape index (κ2) is 9.77. The molecule has 0 aliphatic heterocycles. The van der Waals surface area contributed by atoms with Crippen LogP contribution in [0.4, 0.5) is 5.69 Å². The first kappa shape index (κ1) is 19.7. The van der Waals surface area contributed by atoms with Gasteiger partial charge < -0.3 is 10.1 Å². The maximum absolute atomic E-state index is 12.2. The number of hydrogen-bond acceptors (Lipinski definition) is 4. The molecule has 1 N–H and O–H groups in total. The first-order valence-corrected chi connectivity index (χ1v) is 8.83. The Kier molecular flexibility index (Phi) is 7.41. The van der Waals surface area contributed by atoms with Crippen molar-refractivity contribution in [3.05, 3.63) is 68.7 Å². The molecule has 2 rings (SSSR count). The number of halogens is 1. The zero-order chi connectivity index (χ0) is 18.9. The van der Waals surface area contributed by atoms with Crippen LogP contribution in [0.3, 0.4) is 0 Å². The highest BCUT2D eigenvalue weighted by Crippen LogP contribution is 2.22. The van der Waals surface area contributed by atoms with E-state index in [0.717, 1.165) is 24.2 Å². The van der Waals surface area contributed by atoms with Crippen LogP contribution in [0.25, 0.3) is 0 Å². The second-order valence-electron chi connectivity index (χ2n) is 5.77. The van der Waals surface area contributed by atoms with Crippen molar-refractivity contribution in [2.75, 3.05) is 13.2 Å². The lowest BCUT2D eigenvalue weighted by Gasteiger charge is -2.08. The second-order valence-corrected chi connectivity index (χ2v) is 6.18. The third-order valence-electron chi connectivity index (χ3n) is 3.79. The lowest BCUT2D eigenvalue weighted by molar-refractivity contribution is -0.384. The number of unbranched alkanes of at least 4 members (excludes halogenated alkanes) is 1. The van der Waals surface area contributed by atoms with E-state index in [1.807, 2.05) is 24.3 Å². The van der Waals surface area contributed by atoms with Gasteiger partial charge in [-0.3, -0.25) is 14.9 Å². The summed E-state index contributed by atoms with van der Waals surface area (Å²) in [5.74, 6) is 0.396. The Bertz CT molecular complexity index is 763. The number of ether oxygens (including phenoxy) is 1. The van der Waals surface area contributed by atoms with E-state index in [9.17, 15) is 14.9 Å². The van der Waals surface area contributed by atoms with Gasteiger partial charge in [-0.2, -0.15) is 0 Å². The van der Waals surface area contributed by atoms with Crippen molar-refractivity contribution in [2.24, 2.45) is 0 Å². The van der Waals surface area contributed by atoms with Crippen LogP contribution in [0.15, 0.2) is 42.5 Å². The highest BCUT2D eigenvalue weighted by Gasteiger charge is 2.15. The zero-order valence-electron chi connectivity index (χ0n) is 14.5. The van der Waals surface area contributed by atoms with Crippen LogP contribution in [-0.4, -0.2) is 24.0 Å². The van der Waals surface area contributed by atoms with E-state index in [1.54, 1.807) is 0 Å². The van der Waals surface area contributed by atoms with Gasteiger partial charge in [0, 0.05) is 18.7 Å². The van der Waals surface area contributed by atoms with Gasteiger partial charge in [-0.05, 0) is 36.6 Å². The maximum atomic E-state index is 12.2. The first-order chi connectivity index (χ1) is 12.5. The standard InChI is InChI=1S/C19H21ClN2O4/c1-2-3-12-26-16-7-4-14(5-8-16)10-11-21-19(23)17-13-15(22(24)25)6-9-18(17)20/h4-9,13H,2-3,10-12H2,1H3,(H,21,23). The predicted molar refractivity (Wildman–Crippen MR) is 101 cm³/mol. The summed E-state index contributed by atoms with van der Waals surface area (Å²) < 4.78 is 5.61. The van der Waals surface area contributed by atoms with Gasteiger partial charge in [0.25, 0.3) is 11.6 Å². The van der Waals surface area contributed by atoms with E-state index in [1.165, 1.54) is 18.2 Å². The summed E-state index contributed by atoms with van der Waals surface area (Å²) >= 11 is 5.96. The van der Waals surface area contributed by atoms with Crippen LogP contribution in [0.2, 0.25) is 5.02 Å². The van der Waals surface area contributed by atoms with Crippen molar-refractivity contribution in [1.82, 2.24) is 5.32 Å². The van der Waals surface area contributed by atoms with Gasteiger partial charge in [0.05, 0.1) is 22.1 Å². The molecule has 26 heavy (non-hydrogen) atoms. The molecule has 7 heteroatoms. The number of carbonyl (C=O) groups is 1. The minimum atomic E-state index is -0.558. The Hall–Kier alpha value is -2.60. The van der Waals surface area contributed by atoms with E-state index in [2.05, 4.69) is 12.2 Å². The number of benzene rings is 2. The molecule has 0 heterocycles. The summed E-state index contributed by atoms with van der Waals surface area (Å²) in [5.41, 5.74) is 0.983. The van der Waals surface area contributed by atoms with Gasteiger partial charge >= 0.3 is 0 Å². The van der Waals surface area contributed by atoms with Crippen LogP contribution in [0.1, 0.15) is 35.7 Å². The van der Waals surface area contributed by atoms with E-state index >= 15 is 0 Å². The molecule has 0 aliphatic rings. The highest BCUT2D eigenvalue weighted by atomic mass is 35.5. The molecule has 0 saturated heterocycles. The minimum Gasteiger partial charge on any atom is -0.494 e. The Balaban J connectivity index is 1.86. The number of hydrogen-bond donors (Lipinski definition) is 1. The third kappa shape index (κ3) is 5.74. The van der Waals surface area contributed by atoms with E-state index in [4.69, 9.17) is 16.3 Å². The maximum Gasteiger partial charge on any atom is 0.270 e. The molecule has 1 amide bonds. The van der Waals surface area contributed by atoms with Crippen LogP contribution >= 0.6 is 11.6 Å². The SMILES string of the molecule is CCCCOc1ccc(CCNC(=O)c2cc([N+](=O)[O-])ccc2Cl)cc1. The molecule has 2 aromatic carbocycles. The van der Waals surface area contributed by atoms with Crippen molar-refractivity contribution in [2.45, 2.75) is 26.2 Å². The van der Waals surface area contributed by atoms with Crippen LogP contribution in [-0.2, 0) is 6.42 Å². The Labute approximate surface area is 157 Å². The first-order valence-electron chi connectivity index (χ1n) is 8.45. The fraction of sp³-hybridized carbons (Fsp3) is 0.316. The molecule has 0 fully saturated rings. The average Bonchev–Trinajstić information content (AvgIpc) is 2.63.